The summed E-state index contributed by atoms with van der Waals surface area (Å²) in [6.45, 7) is 9.53. The van der Waals surface area contributed by atoms with Gasteiger partial charge in [-0.3, -0.25) is 0 Å². The van der Waals surface area contributed by atoms with Gasteiger partial charge in [0.1, 0.15) is 0 Å². The molecule has 2 nitrogen and oxygen atoms in total. The fourth-order valence-electron chi connectivity index (χ4n) is 2.32. The Morgan fingerprint density at radius 1 is 1.24 bits per heavy atom. The van der Waals surface area contributed by atoms with Gasteiger partial charge in [-0.25, -0.2) is 0 Å². The molecule has 0 amide bonds. The first-order valence-electron chi connectivity index (χ1n) is 6.73. The number of nitrogens with two attached hydrogens (primary N) is 1. The van der Waals surface area contributed by atoms with E-state index < -0.39 is 0 Å². The van der Waals surface area contributed by atoms with Crippen molar-refractivity contribution in [1.29, 1.82) is 0 Å². The second-order valence-electron chi connectivity index (χ2n) is 4.72. The molecule has 17 heavy (non-hydrogen) atoms. The van der Waals surface area contributed by atoms with E-state index >= 15 is 0 Å². The second-order valence-corrected chi connectivity index (χ2v) is 4.72. The van der Waals surface area contributed by atoms with Crippen LogP contribution in [-0.2, 0) is 0 Å². The van der Waals surface area contributed by atoms with Crippen LogP contribution in [-0.4, -0.2) is 19.6 Å². The summed E-state index contributed by atoms with van der Waals surface area (Å²) in [6.07, 6.45) is 2.44. The molecule has 1 aromatic carbocycles. The van der Waals surface area contributed by atoms with Gasteiger partial charge in [0.2, 0.25) is 0 Å². The highest BCUT2D eigenvalue weighted by Crippen LogP contribution is 2.21. The lowest BCUT2D eigenvalue weighted by atomic mass is 10.0. The highest BCUT2D eigenvalue weighted by molar-refractivity contribution is 5.52. The summed E-state index contributed by atoms with van der Waals surface area (Å²) >= 11 is 0. The van der Waals surface area contributed by atoms with Crippen molar-refractivity contribution in [3.8, 4) is 0 Å². The quantitative estimate of drug-likeness (QED) is 0.785. The van der Waals surface area contributed by atoms with E-state index in [0.717, 1.165) is 19.6 Å². The molecule has 0 bridgehead atoms. The van der Waals surface area contributed by atoms with Crippen molar-refractivity contribution in [2.24, 2.45) is 11.7 Å². The van der Waals surface area contributed by atoms with Crippen LogP contribution in [0.4, 0.5) is 5.69 Å². The van der Waals surface area contributed by atoms with Crippen molar-refractivity contribution in [2.75, 3.05) is 24.5 Å². The standard InChI is InChI=1S/C15H26N2/c1-4-8-14(11-16)12-17(5-2)15-10-7-6-9-13(15)3/h6-7,9-10,14H,4-5,8,11-12,16H2,1-3H3. The number of nitrogens with zero attached hydrogens (tertiary/aromatic N) is 1. The van der Waals surface area contributed by atoms with Gasteiger partial charge in [-0.05, 0) is 44.4 Å². The van der Waals surface area contributed by atoms with E-state index in [4.69, 9.17) is 5.73 Å². The van der Waals surface area contributed by atoms with Crippen LogP contribution in [0.2, 0.25) is 0 Å². The first kappa shape index (κ1) is 14.0. The third-order valence-corrected chi connectivity index (χ3v) is 3.35. The summed E-state index contributed by atoms with van der Waals surface area (Å²) in [6, 6.07) is 8.59. The normalized spacial score (nSPS) is 12.5. The Kier molecular flexibility index (Phi) is 6.06. The number of aryl methyl sites for hydroxylation is 1. The lowest BCUT2D eigenvalue weighted by Gasteiger charge is -2.29. The minimum absolute atomic E-state index is 0.611. The van der Waals surface area contributed by atoms with Crippen LogP contribution in [0.25, 0.3) is 0 Å². The molecule has 1 unspecified atom stereocenters. The van der Waals surface area contributed by atoms with Gasteiger partial charge in [0, 0.05) is 18.8 Å². The molecule has 0 saturated carbocycles. The molecule has 1 rings (SSSR count). The molecule has 2 heteroatoms. The molecule has 0 saturated heterocycles. The summed E-state index contributed by atoms with van der Waals surface area (Å²) in [5.41, 5.74) is 8.55. The first-order valence-corrected chi connectivity index (χ1v) is 6.73. The summed E-state index contributed by atoms with van der Waals surface area (Å²) in [4.78, 5) is 2.45. The Balaban J connectivity index is 2.74. The van der Waals surface area contributed by atoms with Crippen LogP contribution in [0, 0.1) is 12.8 Å². The molecule has 0 fully saturated rings. The van der Waals surface area contributed by atoms with Gasteiger partial charge in [-0.1, -0.05) is 31.5 Å². The molecule has 0 radical (unpaired) electrons. The van der Waals surface area contributed by atoms with Crippen molar-refractivity contribution in [3.63, 3.8) is 0 Å². The molecule has 96 valence electrons. The molecule has 0 aliphatic rings. The van der Waals surface area contributed by atoms with Gasteiger partial charge in [-0.2, -0.15) is 0 Å². The van der Waals surface area contributed by atoms with E-state index in [1.54, 1.807) is 0 Å². The Hall–Kier alpha value is -1.02. The smallest absolute Gasteiger partial charge is 0.0395 e. The molecule has 0 aliphatic carbocycles. The van der Waals surface area contributed by atoms with Crippen molar-refractivity contribution in [1.82, 2.24) is 0 Å². The third kappa shape index (κ3) is 4.04. The van der Waals surface area contributed by atoms with Gasteiger partial charge in [-0.15, -0.1) is 0 Å². The van der Waals surface area contributed by atoms with E-state index in [0.29, 0.717) is 5.92 Å². The largest absolute Gasteiger partial charge is 0.371 e. The number of rotatable bonds is 7. The highest BCUT2D eigenvalue weighted by atomic mass is 15.1. The molecule has 2 N–H and O–H groups in total. The van der Waals surface area contributed by atoms with Gasteiger partial charge in [0.25, 0.3) is 0 Å². The molecular formula is C15H26N2. The van der Waals surface area contributed by atoms with E-state index in [1.165, 1.54) is 24.1 Å². The van der Waals surface area contributed by atoms with Crippen molar-refractivity contribution >= 4 is 5.69 Å². The first-order chi connectivity index (χ1) is 8.22. The number of anilines is 1. The Bertz CT molecular complexity index is 322. The maximum atomic E-state index is 5.85. The Morgan fingerprint density at radius 3 is 2.47 bits per heavy atom. The predicted molar refractivity (Wildman–Crippen MR) is 76.5 cm³/mol. The lowest BCUT2D eigenvalue weighted by molar-refractivity contribution is 0.483. The SMILES string of the molecule is CCCC(CN)CN(CC)c1ccccc1C. The number of hydrogen-bond donors (Lipinski definition) is 1. The van der Waals surface area contributed by atoms with Crippen LogP contribution in [0.1, 0.15) is 32.3 Å². The van der Waals surface area contributed by atoms with E-state index in [1.807, 2.05) is 0 Å². The van der Waals surface area contributed by atoms with Crippen LogP contribution in [0.15, 0.2) is 24.3 Å². The maximum Gasteiger partial charge on any atom is 0.0395 e. The molecule has 0 spiro atoms. The van der Waals surface area contributed by atoms with Crippen molar-refractivity contribution in [3.05, 3.63) is 29.8 Å². The lowest BCUT2D eigenvalue weighted by Crippen LogP contribution is -2.33. The summed E-state index contributed by atoms with van der Waals surface area (Å²) in [7, 11) is 0. The third-order valence-electron chi connectivity index (χ3n) is 3.35. The molecule has 0 aromatic heterocycles. The van der Waals surface area contributed by atoms with Crippen LogP contribution >= 0.6 is 0 Å². The van der Waals surface area contributed by atoms with E-state index in [2.05, 4.69) is 49.9 Å². The summed E-state index contributed by atoms with van der Waals surface area (Å²) < 4.78 is 0. The van der Waals surface area contributed by atoms with Gasteiger partial charge in [0.05, 0.1) is 0 Å². The zero-order valence-corrected chi connectivity index (χ0v) is 11.4. The molecule has 0 aliphatic heterocycles. The van der Waals surface area contributed by atoms with Crippen molar-refractivity contribution < 1.29 is 0 Å². The van der Waals surface area contributed by atoms with Gasteiger partial charge in [0.15, 0.2) is 0 Å². The summed E-state index contributed by atoms with van der Waals surface area (Å²) in [5.74, 6) is 0.611. The Morgan fingerprint density at radius 2 is 1.94 bits per heavy atom. The van der Waals surface area contributed by atoms with E-state index in [9.17, 15) is 0 Å². The number of hydrogen-bond acceptors (Lipinski definition) is 2. The topological polar surface area (TPSA) is 29.3 Å². The van der Waals surface area contributed by atoms with E-state index in [-0.39, 0.29) is 0 Å². The van der Waals surface area contributed by atoms with Crippen LogP contribution in [0.3, 0.4) is 0 Å². The summed E-state index contributed by atoms with van der Waals surface area (Å²) in [5, 5.41) is 0. The fourth-order valence-corrected chi connectivity index (χ4v) is 2.32. The highest BCUT2D eigenvalue weighted by Gasteiger charge is 2.12. The number of para-hydroxylation sites is 1. The minimum Gasteiger partial charge on any atom is -0.371 e. The maximum absolute atomic E-state index is 5.85. The molecule has 1 aromatic rings. The number of benzene rings is 1. The zero-order chi connectivity index (χ0) is 12.7. The Labute approximate surface area is 106 Å². The molecular weight excluding hydrogens is 208 g/mol. The fraction of sp³-hybridized carbons (Fsp3) is 0.600. The average molecular weight is 234 g/mol. The van der Waals surface area contributed by atoms with Crippen molar-refractivity contribution in [2.45, 2.75) is 33.6 Å². The predicted octanol–water partition coefficient (Wildman–Crippen LogP) is 3.20. The zero-order valence-electron chi connectivity index (χ0n) is 11.4. The molecule has 1 atom stereocenters. The monoisotopic (exact) mass is 234 g/mol. The van der Waals surface area contributed by atoms with Gasteiger partial charge < -0.3 is 10.6 Å². The average Bonchev–Trinajstić information content (AvgIpc) is 2.35. The van der Waals surface area contributed by atoms with Gasteiger partial charge >= 0.3 is 0 Å². The minimum atomic E-state index is 0.611. The molecule has 0 heterocycles. The second kappa shape index (κ2) is 7.33. The van der Waals surface area contributed by atoms with Crippen LogP contribution < -0.4 is 10.6 Å². The van der Waals surface area contributed by atoms with Crippen LogP contribution in [0.5, 0.6) is 0 Å².